The molecule has 0 unspecified atom stereocenters. The van der Waals surface area contributed by atoms with Crippen molar-refractivity contribution >= 4 is 0 Å². The van der Waals surface area contributed by atoms with Crippen LogP contribution in [0.2, 0.25) is 0 Å². The van der Waals surface area contributed by atoms with Gasteiger partial charge in [0.05, 0.1) is 0 Å². The quantitative estimate of drug-likeness (QED) is 0.807. The Labute approximate surface area is 102 Å². The molecule has 1 aromatic carbocycles. The second kappa shape index (κ2) is 4.57. The molecule has 2 aliphatic rings. The minimum Gasteiger partial charge on any atom is -0.486 e. The summed E-state index contributed by atoms with van der Waals surface area (Å²) in [4.78, 5) is 0. The Bertz CT molecular complexity index is 411. The number of aryl methyl sites for hydroxylation is 1. The number of nitrogens with one attached hydrogen (secondary N) is 1. The molecule has 0 atom stereocenters. The van der Waals surface area contributed by atoms with Crippen molar-refractivity contribution in [2.75, 3.05) is 26.3 Å². The van der Waals surface area contributed by atoms with Crippen LogP contribution in [0.4, 0.5) is 0 Å². The molecular weight excluding hydrogens is 214 g/mol. The van der Waals surface area contributed by atoms with Crippen LogP contribution in [0.15, 0.2) is 12.1 Å². The van der Waals surface area contributed by atoms with Gasteiger partial charge in [-0.1, -0.05) is 12.1 Å². The maximum absolute atomic E-state index is 5.84. The summed E-state index contributed by atoms with van der Waals surface area (Å²) in [6.45, 7) is 5.64. The van der Waals surface area contributed by atoms with Crippen molar-refractivity contribution in [1.29, 1.82) is 0 Å². The minimum atomic E-state index is 0.618. The summed E-state index contributed by atoms with van der Waals surface area (Å²) >= 11 is 0. The first-order valence-corrected chi connectivity index (χ1v) is 6.46. The summed E-state index contributed by atoms with van der Waals surface area (Å²) < 4.78 is 11.6. The van der Waals surface area contributed by atoms with Crippen molar-refractivity contribution in [3.05, 3.63) is 23.3 Å². The lowest BCUT2D eigenvalue weighted by Gasteiger charge is -2.28. The number of rotatable bonds is 1. The topological polar surface area (TPSA) is 30.5 Å². The molecule has 1 saturated heterocycles. The average Bonchev–Trinajstić information content (AvgIpc) is 2.41. The highest BCUT2D eigenvalue weighted by Crippen LogP contribution is 2.42. The van der Waals surface area contributed by atoms with E-state index >= 15 is 0 Å². The molecule has 1 N–H and O–H groups in total. The molecule has 2 heterocycles. The highest BCUT2D eigenvalue weighted by atomic mass is 16.6. The number of ether oxygens (including phenoxy) is 2. The highest BCUT2D eigenvalue weighted by Gasteiger charge is 2.24. The zero-order valence-electron chi connectivity index (χ0n) is 10.3. The third-order valence-electron chi connectivity index (χ3n) is 3.69. The van der Waals surface area contributed by atoms with Gasteiger partial charge in [-0.25, -0.2) is 0 Å². The lowest BCUT2D eigenvalue weighted by atomic mass is 9.88. The fourth-order valence-corrected chi connectivity index (χ4v) is 2.75. The number of hydrogen-bond donors (Lipinski definition) is 1. The van der Waals surface area contributed by atoms with E-state index in [1.165, 1.54) is 24.0 Å². The molecule has 17 heavy (non-hydrogen) atoms. The van der Waals surface area contributed by atoms with Crippen LogP contribution < -0.4 is 14.8 Å². The van der Waals surface area contributed by atoms with Gasteiger partial charge in [0.2, 0.25) is 0 Å². The molecule has 0 bridgehead atoms. The van der Waals surface area contributed by atoms with Crippen molar-refractivity contribution in [3.63, 3.8) is 0 Å². The van der Waals surface area contributed by atoms with Gasteiger partial charge in [-0.2, -0.15) is 0 Å². The van der Waals surface area contributed by atoms with E-state index in [0.29, 0.717) is 19.1 Å². The Balaban J connectivity index is 1.98. The van der Waals surface area contributed by atoms with E-state index in [2.05, 4.69) is 24.4 Å². The molecule has 0 aromatic heterocycles. The Kier molecular flexibility index (Phi) is 2.93. The SMILES string of the molecule is Cc1ccc(C2CCNCC2)c2c1OCCO2. The van der Waals surface area contributed by atoms with Gasteiger partial charge in [-0.15, -0.1) is 0 Å². The van der Waals surface area contributed by atoms with Crippen LogP contribution in [0.25, 0.3) is 0 Å². The first kappa shape index (κ1) is 10.9. The van der Waals surface area contributed by atoms with Gasteiger partial charge in [-0.3, -0.25) is 0 Å². The first-order valence-electron chi connectivity index (χ1n) is 6.46. The van der Waals surface area contributed by atoms with Crippen LogP contribution in [-0.2, 0) is 0 Å². The standard InChI is InChI=1S/C14H19NO2/c1-10-2-3-12(11-4-6-15-7-5-11)14-13(10)16-8-9-17-14/h2-3,11,15H,4-9H2,1H3. The van der Waals surface area contributed by atoms with Crippen LogP contribution in [0.1, 0.15) is 29.9 Å². The fourth-order valence-electron chi connectivity index (χ4n) is 2.75. The Morgan fingerprint density at radius 3 is 2.53 bits per heavy atom. The number of benzene rings is 1. The van der Waals surface area contributed by atoms with Crippen LogP contribution >= 0.6 is 0 Å². The smallest absolute Gasteiger partial charge is 0.165 e. The molecule has 1 aromatic rings. The van der Waals surface area contributed by atoms with Crippen molar-refractivity contribution in [3.8, 4) is 11.5 Å². The summed E-state index contributed by atoms with van der Waals surface area (Å²) in [7, 11) is 0. The summed E-state index contributed by atoms with van der Waals surface area (Å²) in [5.74, 6) is 2.59. The molecule has 0 aliphatic carbocycles. The second-order valence-corrected chi connectivity index (χ2v) is 4.85. The zero-order valence-corrected chi connectivity index (χ0v) is 10.3. The first-order chi connectivity index (χ1) is 8.36. The van der Waals surface area contributed by atoms with E-state index < -0.39 is 0 Å². The van der Waals surface area contributed by atoms with Gasteiger partial charge in [0.1, 0.15) is 13.2 Å². The van der Waals surface area contributed by atoms with E-state index in [9.17, 15) is 0 Å². The van der Waals surface area contributed by atoms with Gasteiger partial charge in [0.25, 0.3) is 0 Å². The van der Waals surface area contributed by atoms with Gasteiger partial charge in [0, 0.05) is 5.56 Å². The van der Waals surface area contributed by atoms with E-state index in [1.54, 1.807) is 0 Å². The fraction of sp³-hybridized carbons (Fsp3) is 0.571. The predicted octanol–water partition coefficient (Wildman–Crippen LogP) is 2.23. The highest BCUT2D eigenvalue weighted by molar-refractivity contribution is 5.53. The van der Waals surface area contributed by atoms with E-state index in [0.717, 1.165) is 24.6 Å². The molecule has 92 valence electrons. The molecule has 1 fully saturated rings. The van der Waals surface area contributed by atoms with Crippen LogP contribution in [-0.4, -0.2) is 26.3 Å². The van der Waals surface area contributed by atoms with Crippen molar-refractivity contribution in [2.24, 2.45) is 0 Å². The zero-order chi connectivity index (χ0) is 11.7. The lowest BCUT2D eigenvalue weighted by molar-refractivity contribution is 0.167. The molecule has 0 radical (unpaired) electrons. The average molecular weight is 233 g/mol. The number of hydrogen-bond acceptors (Lipinski definition) is 3. The van der Waals surface area contributed by atoms with E-state index in [-0.39, 0.29) is 0 Å². The second-order valence-electron chi connectivity index (χ2n) is 4.85. The van der Waals surface area contributed by atoms with Crippen LogP contribution in [0.3, 0.4) is 0 Å². The number of fused-ring (bicyclic) bond motifs is 1. The normalized spacial score (nSPS) is 20.3. The maximum atomic E-state index is 5.84. The summed E-state index contributed by atoms with van der Waals surface area (Å²) in [6, 6.07) is 4.38. The van der Waals surface area contributed by atoms with Crippen molar-refractivity contribution in [2.45, 2.75) is 25.7 Å². The molecule has 0 spiro atoms. The van der Waals surface area contributed by atoms with Gasteiger partial charge in [0.15, 0.2) is 11.5 Å². The van der Waals surface area contributed by atoms with Gasteiger partial charge >= 0.3 is 0 Å². The molecule has 0 saturated carbocycles. The molecule has 3 rings (SSSR count). The molecular formula is C14H19NO2. The Morgan fingerprint density at radius 2 is 1.76 bits per heavy atom. The monoisotopic (exact) mass is 233 g/mol. The van der Waals surface area contributed by atoms with Crippen LogP contribution in [0, 0.1) is 6.92 Å². The maximum Gasteiger partial charge on any atom is 0.165 e. The largest absolute Gasteiger partial charge is 0.486 e. The Morgan fingerprint density at radius 1 is 1.06 bits per heavy atom. The molecule has 3 nitrogen and oxygen atoms in total. The summed E-state index contributed by atoms with van der Waals surface area (Å²) in [5, 5.41) is 3.40. The summed E-state index contributed by atoms with van der Waals surface area (Å²) in [6.07, 6.45) is 2.39. The van der Waals surface area contributed by atoms with E-state index in [1.807, 2.05) is 0 Å². The molecule has 3 heteroatoms. The van der Waals surface area contributed by atoms with Crippen LogP contribution in [0.5, 0.6) is 11.5 Å². The van der Waals surface area contributed by atoms with Crippen molar-refractivity contribution in [1.82, 2.24) is 5.32 Å². The minimum absolute atomic E-state index is 0.618. The number of piperidine rings is 1. The third-order valence-corrected chi connectivity index (χ3v) is 3.69. The third kappa shape index (κ3) is 2.00. The lowest BCUT2D eigenvalue weighted by Crippen LogP contribution is -2.27. The van der Waals surface area contributed by atoms with Gasteiger partial charge in [-0.05, 0) is 44.3 Å². The molecule has 0 amide bonds. The van der Waals surface area contributed by atoms with Gasteiger partial charge < -0.3 is 14.8 Å². The molecule has 2 aliphatic heterocycles. The predicted molar refractivity (Wildman–Crippen MR) is 67.0 cm³/mol. The summed E-state index contributed by atoms with van der Waals surface area (Å²) in [5.41, 5.74) is 2.52. The van der Waals surface area contributed by atoms with Crippen molar-refractivity contribution < 1.29 is 9.47 Å². The van der Waals surface area contributed by atoms with E-state index in [4.69, 9.17) is 9.47 Å². The Hall–Kier alpha value is -1.22.